The number of aromatic nitrogens is 1. The predicted molar refractivity (Wildman–Crippen MR) is 105 cm³/mol. The molecule has 2 nitrogen and oxygen atoms in total. The zero-order valence-corrected chi connectivity index (χ0v) is 14.4. The molecule has 4 aromatic rings. The molecule has 0 unspecified atom stereocenters. The predicted octanol–water partition coefficient (Wildman–Crippen LogP) is 6.50. The van der Waals surface area contributed by atoms with Crippen molar-refractivity contribution >= 4 is 0 Å². The number of para-hydroxylation sites is 2. The van der Waals surface area contributed by atoms with Crippen molar-refractivity contribution in [3.8, 4) is 45.0 Å². The third-order valence-corrected chi connectivity index (χ3v) is 4.81. The Balaban J connectivity index is 1.78. The third-order valence-electron chi connectivity index (χ3n) is 4.81. The number of aryl methyl sites for hydroxylation is 1. The number of fused-ring (bicyclic) bond motifs is 5. The van der Waals surface area contributed by atoms with Gasteiger partial charge in [0.1, 0.15) is 11.5 Å². The zero-order valence-electron chi connectivity index (χ0n) is 14.4. The lowest BCUT2D eigenvalue weighted by atomic mass is 9.96. The molecule has 2 heteroatoms. The first kappa shape index (κ1) is 14.9. The van der Waals surface area contributed by atoms with Gasteiger partial charge in [-0.1, -0.05) is 60.2 Å². The van der Waals surface area contributed by atoms with Gasteiger partial charge >= 0.3 is 0 Å². The normalized spacial score (nSPS) is 11.6. The Morgan fingerprint density at radius 2 is 1.31 bits per heavy atom. The van der Waals surface area contributed by atoms with Crippen LogP contribution in [0.1, 0.15) is 5.56 Å². The monoisotopic (exact) mass is 335 g/mol. The summed E-state index contributed by atoms with van der Waals surface area (Å²) in [5.41, 5.74) is 7.68. The summed E-state index contributed by atoms with van der Waals surface area (Å²) in [6.07, 6.45) is 1.95. The summed E-state index contributed by atoms with van der Waals surface area (Å²) in [5.74, 6) is 1.70. The summed E-state index contributed by atoms with van der Waals surface area (Å²) in [5, 5.41) is 0. The van der Waals surface area contributed by atoms with Gasteiger partial charge in [0.2, 0.25) is 0 Å². The van der Waals surface area contributed by atoms with Crippen molar-refractivity contribution in [3.63, 3.8) is 0 Å². The fourth-order valence-electron chi connectivity index (χ4n) is 3.44. The average molecular weight is 335 g/mol. The molecule has 0 spiro atoms. The SMILES string of the molecule is Cc1ccc(-c2cnc3c(c2)-c2ccccc2Oc2ccccc2-3)cc1. The van der Waals surface area contributed by atoms with Crippen molar-refractivity contribution < 1.29 is 4.74 Å². The summed E-state index contributed by atoms with van der Waals surface area (Å²) in [7, 11) is 0. The van der Waals surface area contributed by atoms with E-state index >= 15 is 0 Å². The second-order valence-electron chi connectivity index (χ2n) is 6.58. The first-order valence-electron chi connectivity index (χ1n) is 8.73. The van der Waals surface area contributed by atoms with Gasteiger partial charge in [-0.2, -0.15) is 0 Å². The molecule has 0 radical (unpaired) electrons. The highest BCUT2D eigenvalue weighted by molar-refractivity contribution is 5.90. The Labute approximate surface area is 152 Å². The highest BCUT2D eigenvalue weighted by Gasteiger charge is 2.21. The number of ether oxygens (including phenoxy) is 1. The van der Waals surface area contributed by atoms with E-state index in [0.717, 1.165) is 39.4 Å². The highest BCUT2D eigenvalue weighted by Crippen LogP contribution is 2.46. The van der Waals surface area contributed by atoms with Gasteiger partial charge in [0.25, 0.3) is 0 Å². The van der Waals surface area contributed by atoms with Crippen LogP contribution < -0.4 is 4.74 Å². The van der Waals surface area contributed by atoms with E-state index in [0.29, 0.717) is 0 Å². The molecule has 1 aromatic heterocycles. The van der Waals surface area contributed by atoms with Crippen molar-refractivity contribution in [1.29, 1.82) is 0 Å². The molecule has 0 saturated carbocycles. The molecule has 124 valence electrons. The second kappa shape index (κ2) is 5.85. The summed E-state index contributed by atoms with van der Waals surface area (Å²) in [4.78, 5) is 4.84. The molecule has 0 aliphatic carbocycles. The van der Waals surface area contributed by atoms with Crippen molar-refractivity contribution in [2.24, 2.45) is 0 Å². The van der Waals surface area contributed by atoms with E-state index < -0.39 is 0 Å². The van der Waals surface area contributed by atoms with E-state index in [4.69, 9.17) is 9.72 Å². The smallest absolute Gasteiger partial charge is 0.136 e. The Morgan fingerprint density at radius 3 is 2.08 bits per heavy atom. The minimum absolute atomic E-state index is 0.842. The summed E-state index contributed by atoms with van der Waals surface area (Å²) < 4.78 is 6.21. The molecule has 0 amide bonds. The fourth-order valence-corrected chi connectivity index (χ4v) is 3.44. The van der Waals surface area contributed by atoms with Crippen LogP contribution in [0, 0.1) is 6.92 Å². The van der Waals surface area contributed by atoms with Gasteiger partial charge in [-0.05, 0) is 36.8 Å². The quantitative estimate of drug-likeness (QED) is 0.349. The topological polar surface area (TPSA) is 22.1 Å². The van der Waals surface area contributed by atoms with Crippen LogP contribution in [0.5, 0.6) is 11.5 Å². The van der Waals surface area contributed by atoms with Gasteiger partial charge in [0.05, 0.1) is 5.69 Å². The van der Waals surface area contributed by atoms with Gasteiger partial charge in [-0.15, -0.1) is 0 Å². The Hall–Kier alpha value is -3.39. The maximum absolute atomic E-state index is 6.21. The Bertz CT molecular complexity index is 1110. The second-order valence-corrected chi connectivity index (χ2v) is 6.58. The van der Waals surface area contributed by atoms with Crippen LogP contribution in [0.3, 0.4) is 0 Å². The standard InChI is InChI=1S/C24H17NO/c1-16-10-12-17(13-11-16)18-14-21-19-6-2-4-8-22(19)26-23-9-5-3-7-20(23)24(21)25-15-18/h2-15H,1H3. The van der Waals surface area contributed by atoms with Crippen LogP contribution in [0.2, 0.25) is 0 Å². The first-order valence-corrected chi connectivity index (χ1v) is 8.73. The van der Waals surface area contributed by atoms with Crippen LogP contribution in [-0.2, 0) is 0 Å². The number of rotatable bonds is 1. The summed E-state index contributed by atoms with van der Waals surface area (Å²) >= 11 is 0. The lowest BCUT2D eigenvalue weighted by Gasteiger charge is -2.10. The van der Waals surface area contributed by atoms with Gasteiger partial charge in [-0.3, -0.25) is 4.98 Å². The lowest BCUT2D eigenvalue weighted by molar-refractivity contribution is 0.487. The zero-order chi connectivity index (χ0) is 17.5. The molecular formula is C24H17NO. The molecule has 26 heavy (non-hydrogen) atoms. The molecule has 0 N–H and O–H groups in total. The highest BCUT2D eigenvalue weighted by atomic mass is 16.5. The number of hydrogen-bond acceptors (Lipinski definition) is 2. The minimum Gasteiger partial charge on any atom is -0.456 e. The van der Waals surface area contributed by atoms with Gasteiger partial charge < -0.3 is 4.74 Å². The first-order chi connectivity index (χ1) is 12.8. The molecule has 0 saturated heterocycles. The molecule has 1 aliphatic heterocycles. The van der Waals surface area contributed by atoms with Gasteiger partial charge in [0, 0.05) is 28.5 Å². The minimum atomic E-state index is 0.842. The van der Waals surface area contributed by atoms with E-state index in [1.165, 1.54) is 11.1 Å². The molecule has 1 aliphatic rings. The average Bonchev–Trinajstić information content (AvgIpc) is 2.83. The number of pyridine rings is 1. The number of hydrogen-bond donors (Lipinski definition) is 0. The van der Waals surface area contributed by atoms with Crippen LogP contribution in [0.4, 0.5) is 0 Å². The van der Waals surface area contributed by atoms with E-state index in [9.17, 15) is 0 Å². The van der Waals surface area contributed by atoms with Crippen molar-refractivity contribution in [3.05, 3.63) is 90.6 Å². The number of benzene rings is 3. The summed E-state index contributed by atoms with van der Waals surface area (Å²) in [6.45, 7) is 2.10. The van der Waals surface area contributed by atoms with Gasteiger partial charge in [0.15, 0.2) is 0 Å². The van der Waals surface area contributed by atoms with E-state index in [1.54, 1.807) is 0 Å². The van der Waals surface area contributed by atoms with E-state index in [1.807, 2.05) is 42.6 Å². The lowest BCUT2D eigenvalue weighted by Crippen LogP contribution is -1.90. The van der Waals surface area contributed by atoms with Crippen molar-refractivity contribution in [1.82, 2.24) is 4.98 Å². The Morgan fingerprint density at radius 1 is 0.654 bits per heavy atom. The van der Waals surface area contributed by atoms with E-state index in [-0.39, 0.29) is 0 Å². The molecule has 2 heterocycles. The van der Waals surface area contributed by atoms with Gasteiger partial charge in [-0.25, -0.2) is 0 Å². The van der Waals surface area contributed by atoms with Crippen molar-refractivity contribution in [2.75, 3.05) is 0 Å². The van der Waals surface area contributed by atoms with Crippen LogP contribution in [-0.4, -0.2) is 4.98 Å². The maximum atomic E-state index is 6.21. The largest absolute Gasteiger partial charge is 0.456 e. The van der Waals surface area contributed by atoms with Crippen LogP contribution in [0.25, 0.3) is 33.5 Å². The van der Waals surface area contributed by atoms with Crippen LogP contribution >= 0.6 is 0 Å². The molecule has 0 fully saturated rings. The summed E-state index contributed by atoms with van der Waals surface area (Å²) in [6, 6.07) is 27.0. The number of nitrogens with zero attached hydrogens (tertiary/aromatic N) is 1. The fraction of sp³-hybridized carbons (Fsp3) is 0.0417. The molecule has 0 atom stereocenters. The molecule has 0 bridgehead atoms. The van der Waals surface area contributed by atoms with E-state index in [2.05, 4.69) is 49.4 Å². The van der Waals surface area contributed by atoms with Crippen molar-refractivity contribution in [2.45, 2.75) is 6.92 Å². The molecular weight excluding hydrogens is 318 g/mol. The maximum Gasteiger partial charge on any atom is 0.136 e. The third kappa shape index (κ3) is 2.39. The molecule has 3 aromatic carbocycles. The molecule has 5 rings (SSSR count). The van der Waals surface area contributed by atoms with Crippen LogP contribution in [0.15, 0.2) is 85.1 Å². The Kier molecular flexibility index (Phi) is 3.36.